The van der Waals surface area contributed by atoms with Gasteiger partial charge in [-0.1, -0.05) is 6.42 Å². The van der Waals surface area contributed by atoms with E-state index in [-0.39, 0.29) is 18.3 Å². The summed E-state index contributed by atoms with van der Waals surface area (Å²) in [6.45, 7) is 1.67. The Hall–Kier alpha value is -0.520. The maximum absolute atomic E-state index is 12.5. The first-order chi connectivity index (χ1) is 15.1. The third-order valence-electron chi connectivity index (χ3n) is 8.84. The van der Waals surface area contributed by atoms with E-state index in [0.717, 1.165) is 69.5 Å². The van der Waals surface area contributed by atoms with Gasteiger partial charge >= 0.3 is 0 Å². The summed E-state index contributed by atoms with van der Waals surface area (Å²) in [5.74, 6) is 3.42. The van der Waals surface area contributed by atoms with Crippen LogP contribution in [-0.2, 0) is 9.47 Å². The Labute approximate surface area is 187 Å². The van der Waals surface area contributed by atoms with Crippen LogP contribution in [0, 0.1) is 35.5 Å². The van der Waals surface area contributed by atoms with E-state index in [4.69, 9.17) is 9.47 Å². The van der Waals surface area contributed by atoms with E-state index >= 15 is 0 Å². The minimum atomic E-state index is -1.51. The molecule has 0 atom stereocenters. The summed E-state index contributed by atoms with van der Waals surface area (Å²) in [7, 11) is 0. The molecule has 5 heteroatoms. The molecule has 178 valence electrons. The highest BCUT2D eigenvalue weighted by molar-refractivity contribution is 4.92. The van der Waals surface area contributed by atoms with Gasteiger partial charge in [0.25, 0.3) is 6.08 Å². The van der Waals surface area contributed by atoms with Gasteiger partial charge in [0.1, 0.15) is 0 Å². The smallest absolute Gasteiger partial charge is 0.266 e. The topological polar surface area (TPSA) is 38.7 Å². The fraction of sp³-hybridized carbons (Fsp3) is 0.923. The van der Waals surface area contributed by atoms with Gasteiger partial charge in [-0.15, -0.1) is 0 Å². The van der Waals surface area contributed by atoms with E-state index in [2.05, 4.69) is 0 Å². The summed E-state index contributed by atoms with van der Waals surface area (Å²) >= 11 is 0. The minimum Gasteiger partial charge on any atom is -0.393 e. The van der Waals surface area contributed by atoms with E-state index in [1.165, 1.54) is 57.4 Å². The number of aliphatic hydroxyl groups excluding tert-OH is 1. The largest absolute Gasteiger partial charge is 0.393 e. The van der Waals surface area contributed by atoms with Crippen LogP contribution in [0.15, 0.2) is 12.2 Å². The maximum Gasteiger partial charge on any atom is 0.266 e. The summed E-state index contributed by atoms with van der Waals surface area (Å²) in [5, 5.41) is 9.66. The van der Waals surface area contributed by atoms with Gasteiger partial charge in [-0.3, -0.25) is 0 Å². The predicted octanol–water partition coefficient (Wildman–Crippen LogP) is 6.70. The number of ether oxygens (including phenoxy) is 2. The summed E-state index contributed by atoms with van der Waals surface area (Å²) in [4.78, 5) is 0. The lowest BCUT2D eigenvalue weighted by molar-refractivity contribution is -0.230. The van der Waals surface area contributed by atoms with Crippen molar-refractivity contribution in [1.82, 2.24) is 0 Å². The van der Waals surface area contributed by atoms with Crippen molar-refractivity contribution < 1.29 is 23.4 Å². The maximum atomic E-state index is 12.5. The normalized spacial score (nSPS) is 42.2. The summed E-state index contributed by atoms with van der Waals surface area (Å²) < 4.78 is 37.3. The summed E-state index contributed by atoms with van der Waals surface area (Å²) in [6, 6.07) is 0. The van der Waals surface area contributed by atoms with Gasteiger partial charge in [0, 0.05) is 11.8 Å². The lowest BCUT2D eigenvalue weighted by atomic mass is 9.69. The Kier molecular flexibility index (Phi) is 8.81. The van der Waals surface area contributed by atoms with Crippen molar-refractivity contribution in [2.45, 2.75) is 102 Å². The molecule has 1 N–H and O–H groups in total. The van der Waals surface area contributed by atoms with Gasteiger partial charge in [0.15, 0.2) is 6.29 Å². The number of allylic oxidation sites excluding steroid dienone is 1. The summed E-state index contributed by atoms with van der Waals surface area (Å²) in [5.41, 5.74) is 0. The molecule has 0 aromatic carbocycles. The van der Waals surface area contributed by atoms with E-state index in [1.54, 1.807) is 0 Å². The molecule has 3 nitrogen and oxygen atoms in total. The van der Waals surface area contributed by atoms with Crippen molar-refractivity contribution in [1.29, 1.82) is 0 Å². The Morgan fingerprint density at radius 3 is 1.77 bits per heavy atom. The number of hydrogen-bond donors (Lipinski definition) is 1. The van der Waals surface area contributed by atoms with Crippen LogP contribution in [0.4, 0.5) is 8.78 Å². The third-order valence-corrected chi connectivity index (χ3v) is 8.84. The molecule has 4 fully saturated rings. The number of halogens is 2. The average molecular weight is 441 g/mol. The molecular formula is C26H42F2O3. The van der Waals surface area contributed by atoms with Crippen molar-refractivity contribution in [2.75, 3.05) is 13.2 Å². The van der Waals surface area contributed by atoms with Crippen molar-refractivity contribution in [3.63, 3.8) is 0 Å². The van der Waals surface area contributed by atoms with Gasteiger partial charge in [0.2, 0.25) is 0 Å². The molecular weight excluding hydrogens is 398 g/mol. The monoisotopic (exact) mass is 440 g/mol. The first-order valence-corrected chi connectivity index (χ1v) is 13.0. The molecule has 1 saturated heterocycles. The SMILES string of the molecule is OC1CCC(CCC2COC(C3CCC(C4CCC(C=C(F)F)CC4)CC3)OC2)CC1. The standard InChI is InChI=1S/C26H42F2O3/c27-25(28)15-19-3-7-21(8-4-19)22-9-11-23(12-10-22)26-30-16-20(17-31-26)2-1-18-5-13-24(29)14-6-18/h15,18-24,26,29H,1-14,16-17H2. The second-order valence-corrected chi connectivity index (χ2v) is 11.0. The second-order valence-electron chi connectivity index (χ2n) is 11.0. The average Bonchev–Trinajstić information content (AvgIpc) is 2.79. The molecule has 0 unspecified atom stereocenters. The molecule has 0 spiro atoms. The molecule has 0 aromatic rings. The molecule has 0 bridgehead atoms. The van der Waals surface area contributed by atoms with Gasteiger partial charge in [0.05, 0.1) is 19.3 Å². The van der Waals surface area contributed by atoms with Crippen molar-refractivity contribution in [3.8, 4) is 0 Å². The van der Waals surface area contributed by atoms with Gasteiger partial charge in [-0.25, -0.2) is 0 Å². The van der Waals surface area contributed by atoms with E-state index in [0.29, 0.717) is 11.8 Å². The minimum absolute atomic E-state index is 0.0181. The Bertz CT molecular complexity index is 547. The molecule has 1 aliphatic heterocycles. The fourth-order valence-corrected chi connectivity index (χ4v) is 6.75. The van der Waals surface area contributed by atoms with Crippen LogP contribution >= 0.6 is 0 Å². The molecule has 4 aliphatic rings. The van der Waals surface area contributed by atoms with Crippen LogP contribution in [0.3, 0.4) is 0 Å². The highest BCUT2D eigenvalue weighted by atomic mass is 19.3. The van der Waals surface area contributed by atoms with Crippen LogP contribution in [0.1, 0.15) is 89.9 Å². The van der Waals surface area contributed by atoms with Crippen LogP contribution in [0.2, 0.25) is 0 Å². The highest BCUT2D eigenvalue weighted by Gasteiger charge is 2.36. The predicted molar refractivity (Wildman–Crippen MR) is 118 cm³/mol. The first kappa shape index (κ1) is 23.6. The molecule has 0 amide bonds. The van der Waals surface area contributed by atoms with E-state index in [1.807, 2.05) is 0 Å². The van der Waals surface area contributed by atoms with Crippen molar-refractivity contribution in [3.05, 3.63) is 12.2 Å². The first-order valence-electron chi connectivity index (χ1n) is 13.0. The van der Waals surface area contributed by atoms with Crippen LogP contribution in [0.5, 0.6) is 0 Å². The Balaban J connectivity index is 1.11. The van der Waals surface area contributed by atoms with Crippen molar-refractivity contribution in [2.24, 2.45) is 35.5 Å². The summed E-state index contributed by atoms with van der Waals surface area (Å²) in [6.07, 6.45) is 15.3. The highest BCUT2D eigenvalue weighted by Crippen LogP contribution is 2.43. The fourth-order valence-electron chi connectivity index (χ4n) is 6.75. The van der Waals surface area contributed by atoms with Gasteiger partial charge in [-0.05, 0) is 113 Å². The number of aliphatic hydroxyl groups is 1. The Morgan fingerprint density at radius 2 is 1.19 bits per heavy atom. The van der Waals surface area contributed by atoms with E-state index < -0.39 is 6.08 Å². The molecule has 1 heterocycles. The molecule has 3 saturated carbocycles. The van der Waals surface area contributed by atoms with Gasteiger partial charge in [-0.2, -0.15) is 8.78 Å². The van der Waals surface area contributed by atoms with Gasteiger partial charge < -0.3 is 14.6 Å². The molecule has 31 heavy (non-hydrogen) atoms. The second kappa shape index (κ2) is 11.6. The number of rotatable bonds is 6. The zero-order chi connectivity index (χ0) is 21.6. The molecule has 3 aliphatic carbocycles. The lowest BCUT2D eigenvalue weighted by Crippen LogP contribution is -2.39. The Morgan fingerprint density at radius 1 is 0.677 bits per heavy atom. The quantitative estimate of drug-likeness (QED) is 0.499. The zero-order valence-electron chi connectivity index (χ0n) is 19.0. The molecule has 0 aromatic heterocycles. The van der Waals surface area contributed by atoms with Crippen LogP contribution < -0.4 is 0 Å². The molecule has 4 rings (SSSR count). The van der Waals surface area contributed by atoms with Crippen molar-refractivity contribution >= 4 is 0 Å². The van der Waals surface area contributed by atoms with Crippen LogP contribution in [-0.4, -0.2) is 30.7 Å². The number of hydrogen-bond acceptors (Lipinski definition) is 3. The van der Waals surface area contributed by atoms with Crippen LogP contribution in [0.25, 0.3) is 0 Å². The zero-order valence-corrected chi connectivity index (χ0v) is 19.0. The van der Waals surface area contributed by atoms with E-state index in [9.17, 15) is 13.9 Å². The molecule has 0 radical (unpaired) electrons. The third kappa shape index (κ3) is 6.98. The lowest BCUT2D eigenvalue weighted by Gasteiger charge is -2.41.